The Hall–Kier alpha value is -3.30. The van der Waals surface area contributed by atoms with Gasteiger partial charge < -0.3 is 19.1 Å². The summed E-state index contributed by atoms with van der Waals surface area (Å²) in [5.74, 6) is 0.135. The summed E-state index contributed by atoms with van der Waals surface area (Å²) in [6, 6.07) is 13.8. The molecule has 2 heterocycles. The van der Waals surface area contributed by atoms with Crippen molar-refractivity contribution in [3.8, 4) is 17.2 Å². The minimum Gasteiger partial charge on any atom is -0.493 e. The maximum atomic E-state index is 12.6. The van der Waals surface area contributed by atoms with E-state index in [0.717, 1.165) is 37.9 Å². The highest BCUT2D eigenvalue weighted by Crippen LogP contribution is 2.40. The van der Waals surface area contributed by atoms with Gasteiger partial charge in [0, 0.05) is 39.6 Å². The lowest BCUT2D eigenvalue weighted by molar-refractivity contribution is -0.132. The van der Waals surface area contributed by atoms with Crippen molar-refractivity contribution in [1.82, 2.24) is 9.80 Å². The molecule has 9 heteroatoms. The molecule has 0 saturated carbocycles. The highest BCUT2D eigenvalue weighted by Gasteiger charge is 2.29. The predicted octanol–water partition coefficient (Wildman–Crippen LogP) is 3.42. The van der Waals surface area contributed by atoms with Gasteiger partial charge in [-0.2, -0.15) is 4.99 Å². The van der Waals surface area contributed by atoms with Crippen molar-refractivity contribution in [2.75, 3.05) is 40.4 Å². The zero-order valence-electron chi connectivity index (χ0n) is 19.4. The molecule has 0 unspecified atom stereocenters. The summed E-state index contributed by atoms with van der Waals surface area (Å²) in [7, 11) is 2.96. The van der Waals surface area contributed by atoms with Crippen LogP contribution in [0.15, 0.2) is 52.4 Å². The van der Waals surface area contributed by atoms with Crippen LogP contribution in [0.3, 0.4) is 0 Å². The molecule has 0 aliphatic carbocycles. The Morgan fingerprint density at radius 1 is 1.06 bits per heavy atom. The zero-order valence-corrected chi connectivity index (χ0v) is 20.3. The number of thioether (sulfide) groups is 1. The van der Waals surface area contributed by atoms with E-state index in [2.05, 4.69) is 39.1 Å². The van der Waals surface area contributed by atoms with Crippen LogP contribution in [0.1, 0.15) is 18.1 Å². The van der Waals surface area contributed by atoms with Gasteiger partial charge in [-0.1, -0.05) is 30.3 Å². The number of hydrogen-bond donors (Lipinski definition) is 0. The summed E-state index contributed by atoms with van der Waals surface area (Å²) < 4.78 is 16.0. The lowest BCUT2D eigenvalue weighted by Crippen LogP contribution is -2.47. The first-order valence-electron chi connectivity index (χ1n) is 10.9. The predicted molar refractivity (Wildman–Crippen MR) is 132 cm³/mol. The number of piperazine rings is 1. The fourth-order valence-electron chi connectivity index (χ4n) is 3.85. The maximum absolute atomic E-state index is 12.6. The van der Waals surface area contributed by atoms with Gasteiger partial charge in [-0.05, 0) is 41.1 Å². The van der Waals surface area contributed by atoms with E-state index in [1.807, 2.05) is 6.07 Å². The van der Waals surface area contributed by atoms with E-state index in [1.165, 1.54) is 38.5 Å². The van der Waals surface area contributed by atoms with Crippen LogP contribution in [-0.4, -0.2) is 67.2 Å². The fourth-order valence-corrected chi connectivity index (χ4v) is 4.82. The summed E-state index contributed by atoms with van der Waals surface area (Å²) in [4.78, 5) is 33.4. The summed E-state index contributed by atoms with van der Waals surface area (Å²) in [5, 5.41) is 0.728. The maximum Gasteiger partial charge on any atom is 0.308 e. The molecule has 8 nitrogen and oxygen atoms in total. The number of methoxy groups -OCH3 is 2. The van der Waals surface area contributed by atoms with Crippen LogP contribution in [0, 0.1) is 0 Å². The number of nitrogens with zero attached hydrogens (tertiary/aromatic N) is 3. The molecular weight excluding hydrogens is 454 g/mol. The van der Waals surface area contributed by atoms with Gasteiger partial charge in [0.15, 0.2) is 16.7 Å². The third kappa shape index (κ3) is 5.60. The van der Waals surface area contributed by atoms with Gasteiger partial charge in [-0.3, -0.25) is 14.5 Å². The molecule has 4 rings (SSSR count). The topological polar surface area (TPSA) is 80.7 Å². The van der Waals surface area contributed by atoms with Crippen LogP contribution in [0.2, 0.25) is 0 Å². The van der Waals surface area contributed by atoms with Crippen LogP contribution < -0.4 is 14.2 Å². The van der Waals surface area contributed by atoms with E-state index in [-0.39, 0.29) is 11.7 Å². The van der Waals surface area contributed by atoms with E-state index < -0.39 is 5.97 Å². The van der Waals surface area contributed by atoms with E-state index in [9.17, 15) is 9.59 Å². The number of esters is 1. The second kappa shape index (κ2) is 10.8. The van der Waals surface area contributed by atoms with Crippen LogP contribution in [0.25, 0.3) is 6.08 Å². The Kier molecular flexibility index (Phi) is 7.54. The standard InChI is InChI=1S/C25H27N3O5S/c1-17(29)33-23-20(31-2)13-19(14-21(23)32-3)15-22-24(30)26-25(34-22)28-11-9-27(10-12-28)16-18-7-5-4-6-8-18/h4-8,13-15H,9-12,16H2,1-3H3/b22-15+. The van der Waals surface area contributed by atoms with E-state index >= 15 is 0 Å². The minimum atomic E-state index is -0.480. The van der Waals surface area contributed by atoms with Crippen molar-refractivity contribution < 1.29 is 23.8 Å². The minimum absolute atomic E-state index is 0.204. The van der Waals surface area contributed by atoms with Gasteiger partial charge in [0.05, 0.1) is 19.1 Å². The van der Waals surface area contributed by atoms with Crippen molar-refractivity contribution in [1.29, 1.82) is 0 Å². The van der Waals surface area contributed by atoms with Crippen LogP contribution >= 0.6 is 11.8 Å². The molecule has 0 aromatic heterocycles. The summed E-state index contributed by atoms with van der Waals surface area (Å²) in [6.45, 7) is 5.69. The second-order valence-electron chi connectivity index (χ2n) is 7.91. The number of ether oxygens (including phenoxy) is 3. The molecule has 0 bridgehead atoms. The molecule has 2 aromatic rings. The average molecular weight is 482 g/mol. The molecule has 34 heavy (non-hydrogen) atoms. The monoisotopic (exact) mass is 481 g/mol. The number of carbonyl (C=O) groups is 2. The number of hydrogen-bond acceptors (Lipinski definition) is 8. The molecule has 2 aromatic carbocycles. The fraction of sp³-hybridized carbons (Fsp3) is 0.320. The van der Waals surface area contributed by atoms with Gasteiger partial charge in [0.1, 0.15) is 0 Å². The summed E-state index contributed by atoms with van der Waals surface area (Å²) in [6.07, 6.45) is 1.75. The van der Waals surface area contributed by atoms with E-state index in [0.29, 0.717) is 22.0 Å². The van der Waals surface area contributed by atoms with E-state index in [1.54, 1.807) is 18.2 Å². The zero-order chi connectivity index (χ0) is 24.1. The molecule has 0 N–H and O–H groups in total. The van der Waals surface area contributed by atoms with Crippen LogP contribution in [0.5, 0.6) is 17.2 Å². The first kappa shape index (κ1) is 23.8. The van der Waals surface area contributed by atoms with Crippen molar-refractivity contribution >= 4 is 34.9 Å². The van der Waals surface area contributed by atoms with Crippen LogP contribution in [-0.2, 0) is 16.1 Å². The van der Waals surface area contributed by atoms with E-state index in [4.69, 9.17) is 14.2 Å². The largest absolute Gasteiger partial charge is 0.493 e. The lowest BCUT2D eigenvalue weighted by Gasteiger charge is -2.35. The molecule has 178 valence electrons. The summed E-state index contributed by atoms with van der Waals surface area (Å²) >= 11 is 1.37. The van der Waals surface area contributed by atoms with Gasteiger partial charge >= 0.3 is 5.97 Å². The molecule has 2 aliphatic heterocycles. The highest BCUT2D eigenvalue weighted by molar-refractivity contribution is 8.18. The smallest absolute Gasteiger partial charge is 0.308 e. The molecule has 1 amide bonds. The Labute approximate surface area is 203 Å². The van der Waals surface area contributed by atoms with Crippen molar-refractivity contribution in [3.05, 3.63) is 58.5 Å². The van der Waals surface area contributed by atoms with Crippen molar-refractivity contribution in [2.45, 2.75) is 13.5 Å². The number of aliphatic imine (C=N–C) groups is 1. The van der Waals surface area contributed by atoms with Crippen LogP contribution in [0.4, 0.5) is 0 Å². The first-order chi connectivity index (χ1) is 16.5. The number of amidine groups is 1. The molecule has 0 spiro atoms. The Morgan fingerprint density at radius 2 is 1.71 bits per heavy atom. The Bertz CT molecular complexity index is 1100. The van der Waals surface area contributed by atoms with Gasteiger partial charge in [0.2, 0.25) is 5.75 Å². The molecule has 2 aliphatic rings. The van der Waals surface area contributed by atoms with Gasteiger partial charge in [-0.15, -0.1) is 0 Å². The summed E-state index contributed by atoms with van der Waals surface area (Å²) in [5.41, 5.74) is 1.99. The van der Waals surface area contributed by atoms with Crippen molar-refractivity contribution in [2.24, 2.45) is 4.99 Å². The van der Waals surface area contributed by atoms with Gasteiger partial charge in [0.25, 0.3) is 5.91 Å². The lowest BCUT2D eigenvalue weighted by atomic mass is 10.1. The number of benzene rings is 2. The normalized spacial score (nSPS) is 17.6. The Balaban J connectivity index is 1.43. The molecule has 1 saturated heterocycles. The number of amides is 1. The van der Waals surface area contributed by atoms with Gasteiger partial charge in [-0.25, -0.2) is 0 Å². The molecule has 0 atom stereocenters. The van der Waals surface area contributed by atoms with Crippen molar-refractivity contribution in [3.63, 3.8) is 0 Å². The SMILES string of the molecule is COc1cc(/C=C2/SC(N3CCN(Cc4ccccc4)CC3)=NC2=O)cc(OC)c1OC(C)=O. The third-order valence-corrected chi connectivity index (χ3v) is 6.57. The second-order valence-corrected chi connectivity index (χ2v) is 8.92. The average Bonchev–Trinajstić information content (AvgIpc) is 3.20. The Morgan fingerprint density at radius 3 is 2.29 bits per heavy atom. The third-order valence-electron chi connectivity index (χ3n) is 5.53. The molecular formula is C25H27N3O5S. The number of rotatable bonds is 6. The molecule has 0 radical (unpaired) electrons. The highest BCUT2D eigenvalue weighted by atomic mass is 32.2. The molecule has 1 fully saturated rings. The first-order valence-corrected chi connectivity index (χ1v) is 11.8. The quantitative estimate of drug-likeness (QED) is 0.353. The number of carbonyl (C=O) groups excluding carboxylic acids is 2.